The molecule has 21 heavy (non-hydrogen) atoms. The molecule has 0 saturated carbocycles. The number of carboxylic acids is 1. The number of carboxylic acid groups (broad SMARTS) is 1. The predicted octanol–water partition coefficient (Wildman–Crippen LogP) is 2.63. The lowest BCUT2D eigenvalue weighted by Gasteiger charge is -2.06. The van der Waals surface area contributed by atoms with Crippen molar-refractivity contribution in [2.75, 3.05) is 0 Å². The lowest BCUT2D eigenvalue weighted by atomic mass is 10.1. The highest BCUT2D eigenvalue weighted by molar-refractivity contribution is 14.1. The Balaban J connectivity index is 2.29. The normalized spacial score (nSPS) is 10.5. The standard InChI is InChI=1S/C14H9IN4O2/c15-11-12(14(20)21)18-19(10-7-4-8-16-17-10)13(11)9-5-2-1-3-6-9/h1-8H,(H,20,21). The Kier molecular flexibility index (Phi) is 3.65. The molecule has 6 nitrogen and oxygen atoms in total. The number of benzene rings is 1. The summed E-state index contributed by atoms with van der Waals surface area (Å²) in [6.07, 6.45) is 1.55. The zero-order chi connectivity index (χ0) is 14.8. The van der Waals surface area contributed by atoms with Crippen LogP contribution in [0.2, 0.25) is 0 Å². The first kappa shape index (κ1) is 13.7. The van der Waals surface area contributed by atoms with E-state index in [1.165, 1.54) is 4.68 Å². The van der Waals surface area contributed by atoms with Crippen molar-refractivity contribution in [2.24, 2.45) is 0 Å². The van der Waals surface area contributed by atoms with Crippen LogP contribution in [-0.2, 0) is 0 Å². The van der Waals surface area contributed by atoms with Crippen LogP contribution < -0.4 is 0 Å². The van der Waals surface area contributed by atoms with Crippen molar-refractivity contribution in [3.05, 3.63) is 57.9 Å². The zero-order valence-electron chi connectivity index (χ0n) is 10.6. The molecule has 1 aromatic carbocycles. The van der Waals surface area contributed by atoms with E-state index in [9.17, 15) is 9.90 Å². The third kappa shape index (κ3) is 2.51. The summed E-state index contributed by atoms with van der Waals surface area (Å²) >= 11 is 1.99. The Morgan fingerprint density at radius 3 is 2.52 bits per heavy atom. The number of rotatable bonds is 3. The van der Waals surface area contributed by atoms with Gasteiger partial charge in [0.05, 0.1) is 9.26 Å². The van der Waals surface area contributed by atoms with E-state index in [-0.39, 0.29) is 5.69 Å². The molecule has 0 saturated heterocycles. The van der Waals surface area contributed by atoms with Crippen LogP contribution in [0.15, 0.2) is 48.7 Å². The van der Waals surface area contributed by atoms with Gasteiger partial charge in [-0.2, -0.15) is 10.2 Å². The van der Waals surface area contributed by atoms with Crippen LogP contribution in [0.1, 0.15) is 10.5 Å². The summed E-state index contributed by atoms with van der Waals surface area (Å²) in [6, 6.07) is 12.9. The minimum absolute atomic E-state index is 0.0000983. The molecule has 104 valence electrons. The maximum atomic E-state index is 11.3. The van der Waals surface area contributed by atoms with Crippen LogP contribution in [0.25, 0.3) is 17.1 Å². The highest BCUT2D eigenvalue weighted by atomic mass is 127. The Hall–Kier alpha value is -2.29. The van der Waals surface area contributed by atoms with Crippen molar-refractivity contribution in [3.63, 3.8) is 0 Å². The van der Waals surface area contributed by atoms with Gasteiger partial charge in [-0.15, -0.1) is 5.10 Å². The molecule has 7 heteroatoms. The van der Waals surface area contributed by atoms with Crippen LogP contribution >= 0.6 is 22.6 Å². The van der Waals surface area contributed by atoms with E-state index in [0.717, 1.165) is 5.56 Å². The van der Waals surface area contributed by atoms with Crippen LogP contribution in [-0.4, -0.2) is 31.1 Å². The first-order chi connectivity index (χ1) is 10.2. The number of halogens is 1. The van der Waals surface area contributed by atoms with Crippen molar-refractivity contribution in [3.8, 4) is 17.1 Å². The molecular weight excluding hydrogens is 383 g/mol. The summed E-state index contributed by atoms with van der Waals surface area (Å²) in [5.41, 5.74) is 1.56. The van der Waals surface area contributed by atoms with Gasteiger partial charge in [0.25, 0.3) is 0 Å². The zero-order valence-corrected chi connectivity index (χ0v) is 12.8. The molecular formula is C14H9IN4O2. The average molecular weight is 392 g/mol. The minimum atomic E-state index is -1.07. The molecule has 0 unspecified atom stereocenters. The first-order valence-electron chi connectivity index (χ1n) is 6.04. The average Bonchev–Trinajstić information content (AvgIpc) is 2.87. The van der Waals surface area contributed by atoms with Gasteiger partial charge in [0.15, 0.2) is 11.5 Å². The second-order valence-corrected chi connectivity index (χ2v) is 5.25. The number of aromatic nitrogens is 4. The number of aromatic carboxylic acids is 1. The Morgan fingerprint density at radius 2 is 1.90 bits per heavy atom. The summed E-state index contributed by atoms with van der Waals surface area (Å²) in [5, 5.41) is 21.3. The summed E-state index contributed by atoms with van der Waals surface area (Å²) in [5.74, 6) is -0.596. The lowest BCUT2D eigenvalue weighted by molar-refractivity contribution is 0.0689. The van der Waals surface area contributed by atoms with E-state index in [1.54, 1.807) is 18.3 Å². The fourth-order valence-corrected chi connectivity index (χ4v) is 2.83. The SMILES string of the molecule is O=C(O)c1nn(-c2cccnn2)c(-c2ccccc2)c1I. The fourth-order valence-electron chi connectivity index (χ4n) is 1.95. The topological polar surface area (TPSA) is 80.9 Å². The molecule has 2 heterocycles. The molecule has 0 fully saturated rings. The highest BCUT2D eigenvalue weighted by Gasteiger charge is 2.23. The van der Waals surface area contributed by atoms with E-state index in [2.05, 4.69) is 15.3 Å². The molecule has 1 N–H and O–H groups in total. The van der Waals surface area contributed by atoms with Gasteiger partial charge in [0.2, 0.25) is 0 Å². The molecule has 0 aliphatic carbocycles. The molecule has 0 bridgehead atoms. The molecule has 3 rings (SSSR count). The van der Waals surface area contributed by atoms with Gasteiger partial charge in [-0.1, -0.05) is 30.3 Å². The lowest BCUT2D eigenvalue weighted by Crippen LogP contribution is -2.04. The van der Waals surface area contributed by atoms with Gasteiger partial charge in [-0.3, -0.25) is 0 Å². The monoisotopic (exact) mass is 392 g/mol. The predicted molar refractivity (Wildman–Crippen MR) is 84.3 cm³/mol. The highest BCUT2D eigenvalue weighted by Crippen LogP contribution is 2.29. The van der Waals surface area contributed by atoms with Gasteiger partial charge >= 0.3 is 5.97 Å². The van der Waals surface area contributed by atoms with Crippen molar-refractivity contribution in [2.45, 2.75) is 0 Å². The smallest absolute Gasteiger partial charge is 0.357 e. The molecule has 3 aromatic rings. The van der Waals surface area contributed by atoms with E-state index in [4.69, 9.17) is 0 Å². The van der Waals surface area contributed by atoms with Crippen LogP contribution in [0, 0.1) is 3.57 Å². The van der Waals surface area contributed by atoms with Crippen LogP contribution in [0.3, 0.4) is 0 Å². The maximum absolute atomic E-state index is 11.3. The van der Waals surface area contributed by atoms with Gasteiger partial charge in [0, 0.05) is 11.8 Å². The Morgan fingerprint density at radius 1 is 1.14 bits per heavy atom. The molecule has 0 radical (unpaired) electrons. The molecule has 2 aromatic heterocycles. The van der Waals surface area contributed by atoms with E-state index in [1.807, 2.05) is 52.9 Å². The van der Waals surface area contributed by atoms with Gasteiger partial charge in [0.1, 0.15) is 0 Å². The summed E-state index contributed by atoms with van der Waals surface area (Å²) < 4.78 is 2.07. The summed E-state index contributed by atoms with van der Waals surface area (Å²) in [4.78, 5) is 11.3. The van der Waals surface area contributed by atoms with Crippen molar-refractivity contribution < 1.29 is 9.90 Å². The molecule has 0 aliphatic rings. The quantitative estimate of drug-likeness (QED) is 0.694. The second-order valence-electron chi connectivity index (χ2n) is 4.18. The summed E-state index contributed by atoms with van der Waals surface area (Å²) in [6.45, 7) is 0. The molecule has 0 atom stereocenters. The van der Waals surface area contributed by atoms with Crippen molar-refractivity contribution in [1.29, 1.82) is 0 Å². The Bertz CT molecular complexity index is 787. The number of hydrogen-bond donors (Lipinski definition) is 1. The minimum Gasteiger partial charge on any atom is -0.476 e. The van der Waals surface area contributed by atoms with Gasteiger partial charge in [-0.05, 0) is 34.7 Å². The fraction of sp³-hybridized carbons (Fsp3) is 0. The third-order valence-corrected chi connectivity index (χ3v) is 3.87. The number of hydrogen-bond acceptors (Lipinski definition) is 4. The van der Waals surface area contributed by atoms with Crippen LogP contribution in [0.4, 0.5) is 0 Å². The van der Waals surface area contributed by atoms with Crippen molar-refractivity contribution >= 4 is 28.6 Å². The largest absolute Gasteiger partial charge is 0.476 e. The summed E-state index contributed by atoms with van der Waals surface area (Å²) in [7, 11) is 0. The van der Waals surface area contributed by atoms with Gasteiger partial charge in [-0.25, -0.2) is 9.48 Å². The van der Waals surface area contributed by atoms with E-state index >= 15 is 0 Å². The molecule has 0 spiro atoms. The number of nitrogens with zero attached hydrogens (tertiary/aromatic N) is 4. The van der Waals surface area contributed by atoms with E-state index in [0.29, 0.717) is 15.1 Å². The first-order valence-corrected chi connectivity index (χ1v) is 7.11. The third-order valence-electron chi connectivity index (χ3n) is 2.85. The maximum Gasteiger partial charge on any atom is 0.357 e. The van der Waals surface area contributed by atoms with Crippen LogP contribution in [0.5, 0.6) is 0 Å². The van der Waals surface area contributed by atoms with E-state index < -0.39 is 5.97 Å². The second kappa shape index (κ2) is 5.60. The van der Waals surface area contributed by atoms with Gasteiger partial charge < -0.3 is 5.11 Å². The molecule has 0 aliphatic heterocycles. The molecule has 0 amide bonds. The van der Waals surface area contributed by atoms with Crippen molar-refractivity contribution in [1.82, 2.24) is 20.0 Å². The number of carbonyl (C=O) groups is 1. The Labute approximate surface area is 133 Å².